The molecule has 0 bridgehead atoms. The number of hydrogen-bond acceptors (Lipinski definition) is 2. The number of ether oxygens (including phenoxy) is 1. The largest absolute Gasteiger partial charge is 0.494 e. The first-order valence-electron chi connectivity index (χ1n) is 7.72. The van der Waals surface area contributed by atoms with Crippen molar-refractivity contribution in [3.63, 3.8) is 0 Å². The van der Waals surface area contributed by atoms with Gasteiger partial charge < -0.3 is 9.84 Å². The van der Waals surface area contributed by atoms with E-state index < -0.39 is 0 Å². The molecule has 108 valence electrons. The van der Waals surface area contributed by atoms with E-state index in [1.165, 1.54) is 44.9 Å². The Kier molecular flexibility index (Phi) is 10.2. The summed E-state index contributed by atoms with van der Waals surface area (Å²) in [6, 6.07) is 10.0. The molecule has 0 amide bonds. The lowest BCUT2D eigenvalue weighted by Crippen LogP contribution is -1.96. The first-order valence-corrected chi connectivity index (χ1v) is 7.72. The normalized spacial score (nSPS) is 10.6. The molecule has 2 nitrogen and oxygen atoms in total. The highest BCUT2D eigenvalue weighted by Gasteiger charge is 1.94. The molecule has 0 aliphatic heterocycles. The van der Waals surface area contributed by atoms with Crippen LogP contribution in [0.1, 0.15) is 57.8 Å². The quantitative estimate of drug-likeness (QED) is 0.560. The van der Waals surface area contributed by atoms with Crippen LogP contribution in [0.4, 0.5) is 0 Å². The molecule has 0 saturated heterocycles. The number of aliphatic hydroxyl groups excluding tert-OH is 1. The number of rotatable bonds is 12. The highest BCUT2D eigenvalue weighted by atomic mass is 16.5. The Labute approximate surface area is 117 Å². The Bertz CT molecular complexity index is 285. The average Bonchev–Trinajstić information content (AvgIpc) is 2.46. The van der Waals surface area contributed by atoms with Gasteiger partial charge in [0.1, 0.15) is 5.75 Å². The van der Waals surface area contributed by atoms with Gasteiger partial charge in [0, 0.05) is 6.61 Å². The molecular weight excluding hydrogens is 236 g/mol. The number of unbranched alkanes of at least 4 members (excludes halogenated alkanes) is 8. The van der Waals surface area contributed by atoms with Gasteiger partial charge in [-0.2, -0.15) is 0 Å². The Morgan fingerprint density at radius 1 is 0.684 bits per heavy atom. The van der Waals surface area contributed by atoms with Gasteiger partial charge in [-0.05, 0) is 25.0 Å². The van der Waals surface area contributed by atoms with Gasteiger partial charge in [0.25, 0.3) is 0 Å². The Hall–Kier alpha value is -1.02. The van der Waals surface area contributed by atoms with E-state index in [1.807, 2.05) is 30.3 Å². The maximum atomic E-state index is 8.66. The van der Waals surface area contributed by atoms with Gasteiger partial charge in [0.05, 0.1) is 6.61 Å². The molecule has 0 radical (unpaired) electrons. The van der Waals surface area contributed by atoms with E-state index in [2.05, 4.69) is 0 Å². The predicted molar refractivity (Wildman–Crippen MR) is 80.6 cm³/mol. The second kappa shape index (κ2) is 12.0. The van der Waals surface area contributed by atoms with Gasteiger partial charge >= 0.3 is 0 Å². The first kappa shape index (κ1) is 16.0. The third-order valence-electron chi connectivity index (χ3n) is 3.31. The van der Waals surface area contributed by atoms with E-state index >= 15 is 0 Å². The zero-order chi connectivity index (χ0) is 13.6. The Balaban J connectivity index is 1.79. The summed E-state index contributed by atoms with van der Waals surface area (Å²) < 4.78 is 5.65. The third kappa shape index (κ3) is 9.54. The van der Waals surface area contributed by atoms with Crippen LogP contribution in [0.2, 0.25) is 0 Å². The maximum Gasteiger partial charge on any atom is 0.119 e. The summed E-state index contributed by atoms with van der Waals surface area (Å²) in [7, 11) is 0. The Morgan fingerprint density at radius 2 is 1.21 bits per heavy atom. The number of benzene rings is 1. The second-order valence-corrected chi connectivity index (χ2v) is 5.07. The lowest BCUT2D eigenvalue weighted by molar-refractivity contribution is 0.282. The molecule has 0 atom stereocenters. The van der Waals surface area contributed by atoms with Crippen molar-refractivity contribution in [1.82, 2.24) is 0 Å². The average molecular weight is 264 g/mol. The van der Waals surface area contributed by atoms with Gasteiger partial charge in [0.2, 0.25) is 0 Å². The molecular formula is C17H28O2. The summed E-state index contributed by atoms with van der Waals surface area (Å²) in [5, 5.41) is 8.66. The van der Waals surface area contributed by atoms with Crippen LogP contribution in [0.3, 0.4) is 0 Å². The van der Waals surface area contributed by atoms with Gasteiger partial charge in [-0.25, -0.2) is 0 Å². The van der Waals surface area contributed by atoms with Crippen molar-refractivity contribution in [3.8, 4) is 5.75 Å². The Morgan fingerprint density at radius 3 is 1.79 bits per heavy atom. The van der Waals surface area contributed by atoms with E-state index in [0.29, 0.717) is 6.61 Å². The van der Waals surface area contributed by atoms with Crippen LogP contribution >= 0.6 is 0 Å². The standard InChI is InChI=1S/C17H28O2/c18-15-11-6-4-2-1-3-5-7-12-16-19-17-13-9-8-10-14-17/h8-10,13-14,18H,1-7,11-12,15-16H2. The van der Waals surface area contributed by atoms with Crippen molar-refractivity contribution >= 4 is 0 Å². The van der Waals surface area contributed by atoms with Crippen molar-refractivity contribution in [2.45, 2.75) is 57.8 Å². The fourth-order valence-corrected chi connectivity index (χ4v) is 2.16. The van der Waals surface area contributed by atoms with Crippen molar-refractivity contribution < 1.29 is 9.84 Å². The van der Waals surface area contributed by atoms with Crippen LogP contribution in [0, 0.1) is 0 Å². The summed E-state index contributed by atoms with van der Waals surface area (Å²) >= 11 is 0. The molecule has 1 aromatic rings. The minimum Gasteiger partial charge on any atom is -0.494 e. The maximum absolute atomic E-state index is 8.66. The van der Waals surface area contributed by atoms with Gasteiger partial charge in [0.15, 0.2) is 0 Å². The van der Waals surface area contributed by atoms with E-state index in [1.54, 1.807) is 0 Å². The van der Waals surface area contributed by atoms with Crippen LogP contribution in [0.25, 0.3) is 0 Å². The molecule has 0 fully saturated rings. The van der Waals surface area contributed by atoms with E-state index in [9.17, 15) is 0 Å². The lowest BCUT2D eigenvalue weighted by Gasteiger charge is -2.05. The minimum absolute atomic E-state index is 0.349. The summed E-state index contributed by atoms with van der Waals surface area (Å²) in [6.07, 6.45) is 11.2. The molecule has 0 saturated carbocycles. The predicted octanol–water partition coefficient (Wildman–Crippen LogP) is 4.57. The fraction of sp³-hybridized carbons (Fsp3) is 0.647. The molecule has 0 aromatic heterocycles. The molecule has 0 aliphatic rings. The number of hydrogen-bond donors (Lipinski definition) is 1. The van der Waals surface area contributed by atoms with Gasteiger partial charge in [-0.15, -0.1) is 0 Å². The summed E-state index contributed by atoms with van der Waals surface area (Å²) in [5.41, 5.74) is 0. The zero-order valence-corrected chi connectivity index (χ0v) is 12.0. The van der Waals surface area contributed by atoms with Crippen LogP contribution in [-0.4, -0.2) is 18.3 Å². The van der Waals surface area contributed by atoms with Crippen molar-refractivity contribution in [1.29, 1.82) is 0 Å². The molecule has 0 spiro atoms. The van der Waals surface area contributed by atoms with Crippen molar-refractivity contribution in [2.24, 2.45) is 0 Å². The summed E-state index contributed by atoms with van der Waals surface area (Å²) in [4.78, 5) is 0. The topological polar surface area (TPSA) is 29.5 Å². The molecule has 19 heavy (non-hydrogen) atoms. The molecule has 0 unspecified atom stereocenters. The highest BCUT2D eigenvalue weighted by molar-refractivity contribution is 5.20. The number of para-hydroxylation sites is 1. The van der Waals surface area contributed by atoms with E-state index in [0.717, 1.165) is 25.2 Å². The smallest absolute Gasteiger partial charge is 0.119 e. The first-order chi connectivity index (χ1) is 9.43. The van der Waals surface area contributed by atoms with E-state index in [4.69, 9.17) is 9.84 Å². The highest BCUT2D eigenvalue weighted by Crippen LogP contribution is 2.11. The van der Waals surface area contributed by atoms with Crippen LogP contribution in [-0.2, 0) is 0 Å². The molecule has 1 N–H and O–H groups in total. The van der Waals surface area contributed by atoms with Gasteiger partial charge in [-0.1, -0.05) is 63.1 Å². The zero-order valence-electron chi connectivity index (χ0n) is 12.0. The molecule has 1 aromatic carbocycles. The molecule has 0 heterocycles. The van der Waals surface area contributed by atoms with Crippen molar-refractivity contribution in [2.75, 3.05) is 13.2 Å². The third-order valence-corrected chi connectivity index (χ3v) is 3.31. The minimum atomic E-state index is 0.349. The van der Waals surface area contributed by atoms with Crippen molar-refractivity contribution in [3.05, 3.63) is 30.3 Å². The summed E-state index contributed by atoms with van der Waals surface area (Å²) in [5.74, 6) is 0.978. The SMILES string of the molecule is OCCCCCCCCCCCOc1ccccc1. The fourth-order valence-electron chi connectivity index (χ4n) is 2.16. The lowest BCUT2D eigenvalue weighted by atomic mass is 10.1. The molecule has 0 aliphatic carbocycles. The molecule has 1 rings (SSSR count). The monoisotopic (exact) mass is 264 g/mol. The van der Waals surface area contributed by atoms with Crippen LogP contribution in [0.5, 0.6) is 5.75 Å². The number of aliphatic hydroxyl groups is 1. The van der Waals surface area contributed by atoms with Crippen LogP contribution < -0.4 is 4.74 Å². The second-order valence-electron chi connectivity index (χ2n) is 5.07. The summed E-state index contributed by atoms with van der Waals surface area (Å²) in [6.45, 7) is 1.18. The van der Waals surface area contributed by atoms with E-state index in [-0.39, 0.29) is 0 Å². The molecule has 2 heteroatoms. The van der Waals surface area contributed by atoms with Gasteiger partial charge in [-0.3, -0.25) is 0 Å². The van der Waals surface area contributed by atoms with Crippen LogP contribution in [0.15, 0.2) is 30.3 Å².